The van der Waals surface area contributed by atoms with Crippen molar-refractivity contribution in [3.05, 3.63) is 24.0 Å². The zero-order valence-corrected chi connectivity index (χ0v) is 12.2. The van der Waals surface area contributed by atoms with Crippen LogP contribution >= 0.6 is 11.8 Å². The summed E-state index contributed by atoms with van der Waals surface area (Å²) in [7, 11) is 3.77. The van der Waals surface area contributed by atoms with Gasteiger partial charge in [0, 0.05) is 32.9 Å². The van der Waals surface area contributed by atoms with Gasteiger partial charge in [-0.15, -0.1) is 0 Å². The molecule has 0 aliphatic heterocycles. The fourth-order valence-electron chi connectivity index (χ4n) is 1.67. The van der Waals surface area contributed by atoms with E-state index in [1.54, 1.807) is 0 Å². The van der Waals surface area contributed by atoms with Crippen LogP contribution < -0.4 is 10.6 Å². The van der Waals surface area contributed by atoms with Crippen LogP contribution in [-0.4, -0.2) is 39.6 Å². The van der Waals surface area contributed by atoms with Crippen LogP contribution in [0.15, 0.2) is 23.6 Å². The van der Waals surface area contributed by atoms with Gasteiger partial charge >= 0.3 is 0 Å². The highest BCUT2D eigenvalue weighted by atomic mass is 32.2. The summed E-state index contributed by atoms with van der Waals surface area (Å²) in [6.07, 6.45) is 6.79. The lowest BCUT2D eigenvalue weighted by atomic mass is 10.2. The Kier molecular flexibility index (Phi) is 4.62. The molecule has 6 nitrogen and oxygen atoms in total. The van der Waals surface area contributed by atoms with Crippen molar-refractivity contribution in [2.45, 2.75) is 11.6 Å². The second-order valence-electron chi connectivity index (χ2n) is 4.07. The molecule has 0 saturated carbocycles. The third-order valence-electron chi connectivity index (χ3n) is 2.62. The van der Waals surface area contributed by atoms with Crippen molar-refractivity contribution in [3.63, 3.8) is 0 Å². The number of anilines is 2. The van der Waals surface area contributed by atoms with E-state index in [0.717, 1.165) is 29.8 Å². The van der Waals surface area contributed by atoms with E-state index in [-0.39, 0.29) is 0 Å². The molecule has 19 heavy (non-hydrogen) atoms. The highest BCUT2D eigenvalue weighted by Crippen LogP contribution is 2.16. The first-order valence-corrected chi connectivity index (χ1v) is 7.26. The summed E-state index contributed by atoms with van der Waals surface area (Å²) in [5, 5.41) is 11.3. The number of thioether (sulfide) groups is 1. The lowest BCUT2D eigenvalue weighted by molar-refractivity contribution is 0.766. The molecule has 7 heteroatoms. The second kappa shape index (κ2) is 6.42. The Balaban J connectivity index is 1.95. The minimum atomic E-state index is 0.760. The van der Waals surface area contributed by atoms with Gasteiger partial charge in [-0.25, -0.2) is 9.97 Å². The lowest BCUT2D eigenvalue weighted by Crippen LogP contribution is -2.08. The van der Waals surface area contributed by atoms with Crippen molar-refractivity contribution >= 4 is 23.4 Å². The van der Waals surface area contributed by atoms with E-state index >= 15 is 0 Å². The Morgan fingerprint density at radius 1 is 1.32 bits per heavy atom. The van der Waals surface area contributed by atoms with E-state index in [9.17, 15) is 0 Å². The van der Waals surface area contributed by atoms with Gasteiger partial charge in [-0.05, 0) is 18.2 Å². The normalized spacial score (nSPS) is 10.5. The molecule has 0 aromatic carbocycles. The average Bonchev–Trinajstić information content (AvgIpc) is 2.84. The van der Waals surface area contributed by atoms with Crippen molar-refractivity contribution in [2.24, 2.45) is 7.05 Å². The van der Waals surface area contributed by atoms with Gasteiger partial charge in [0.25, 0.3) is 0 Å². The molecule has 0 aliphatic carbocycles. The molecule has 0 aliphatic rings. The van der Waals surface area contributed by atoms with Gasteiger partial charge in [-0.3, -0.25) is 4.68 Å². The highest BCUT2D eigenvalue weighted by molar-refractivity contribution is 7.98. The van der Waals surface area contributed by atoms with Crippen molar-refractivity contribution in [1.29, 1.82) is 0 Å². The smallest absolute Gasteiger partial charge is 0.191 e. The summed E-state index contributed by atoms with van der Waals surface area (Å²) in [5.41, 5.74) is 1.21. The largest absolute Gasteiger partial charge is 0.373 e. The zero-order chi connectivity index (χ0) is 13.7. The van der Waals surface area contributed by atoms with Crippen molar-refractivity contribution < 1.29 is 0 Å². The van der Waals surface area contributed by atoms with Crippen molar-refractivity contribution in [3.8, 4) is 0 Å². The molecular weight excluding hydrogens is 260 g/mol. The van der Waals surface area contributed by atoms with Crippen LogP contribution in [0.5, 0.6) is 0 Å². The van der Waals surface area contributed by atoms with Gasteiger partial charge < -0.3 is 10.6 Å². The molecule has 102 valence electrons. The fourth-order valence-corrected chi connectivity index (χ4v) is 2.05. The Labute approximate surface area is 117 Å². The molecule has 0 saturated heterocycles. The van der Waals surface area contributed by atoms with E-state index in [0.29, 0.717) is 0 Å². The molecule has 0 bridgehead atoms. The van der Waals surface area contributed by atoms with Crippen LogP contribution in [0.2, 0.25) is 0 Å². The first-order valence-electron chi connectivity index (χ1n) is 6.03. The third-order valence-corrected chi connectivity index (χ3v) is 3.17. The number of nitrogens with zero attached hydrogens (tertiary/aromatic N) is 4. The van der Waals surface area contributed by atoms with Gasteiger partial charge in [-0.2, -0.15) is 5.10 Å². The molecule has 2 N–H and O–H groups in total. The molecule has 0 spiro atoms. The van der Waals surface area contributed by atoms with Crippen LogP contribution in [0, 0.1) is 0 Å². The summed E-state index contributed by atoms with van der Waals surface area (Å²) in [4.78, 5) is 8.74. The summed E-state index contributed by atoms with van der Waals surface area (Å²) in [6, 6.07) is 1.91. The van der Waals surface area contributed by atoms with Crippen molar-refractivity contribution in [1.82, 2.24) is 19.7 Å². The van der Waals surface area contributed by atoms with Gasteiger partial charge in [0.05, 0.1) is 6.20 Å². The molecule has 0 unspecified atom stereocenters. The van der Waals surface area contributed by atoms with Crippen molar-refractivity contribution in [2.75, 3.05) is 30.5 Å². The van der Waals surface area contributed by atoms with E-state index in [4.69, 9.17) is 0 Å². The van der Waals surface area contributed by atoms with Gasteiger partial charge in [0.1, 0.15) is 11.6 Å². The summed E-state index contributed by atoms with van der Waals surface area (Å²) < 4.78 is 1.81. The van der Waals surface area contributed by atoms with Crippen LogP contribution in [-0.2, 0) is 13.5 Å². The first-order chi connectivity index (χ1) is 9.21. The Morgan fingerprint density at radius 2 is 2.11 bits per heavy atom. The quantitative estimate of drug-likeness (QED) is 0.618. The molecule has 2 rings (SSSR count). The minimum absolute atomic E-state index is 0.760. The summed E-state index contributed by atoms with van der Waals surface area (Å²) in [6.45, 7) is 0.819. The molecular formula is C12H18N6S. The van der Waals surface area contributed by atoms with Crippen LogP contribution in [0.25, 0.3) is 0 Å². The Morgan fingerprint density at radius 3 is 2.74 bits per heavy atom. The molecule has 2 heterocycles. The van der Waals surface area contributed by atoms with Gasteiger partial charge in [-0.1, -0.05) is 11.8 Å². The number of rotatable bonds is 6. The van der Waals surface area contributed by atoms with E-state index in [2.05, 4.69) is 25.7 Å². The standard InChI is InChI=1S/C12H18N6S/c1-13-10-6-11(17-12(16-10)19-3)14-5-4-9-7-15-18(2)8-9/h6-8H,4-5H2,1-3H3,(H2,13,14,16,17). The molecule has 0 fully saturated rings. The van der Waals surface area contributed by atoms with Crippen LogP contribution in [0.4, 0.5) is 11.6 Å². The molecule has 0 radical (unpaired) electrons. The predicted molar refractivity (Wildman–Crippen MR) is 78.8 cm³/mol. The van der Waals surface area contributed by atoms with Crippen LogP contribution in [0.1, 0.15) is 5.56 Å². The number of hydrogen-bond acceptors (Lipinski definition) is 6. The number of hydrogen-bond donors (Lipinski definition) is 2. The van der Waals surface area contributed by atoms with Gasteiger partial charge in [0.15, 0.2) is 5.16 Å². The summed E-state index contributed by atoms with van der Waals surface area (Å²) >= 11 is 1.53. The maximum absolute atomic E-state index is 4.42. The number of nitrogens with one attached hydrogen (secondary N) is 2. The highest BCUT2D eigenvalue weighted by Gasteiger charge is 2.03. The van der Waals surface area contributed by atoms with E-state index in [1.165, 1.54) is 17.3 Å². The second-order valence-corrected chi connectivity index (χ2v) is 4.85. The maximum atomic E-state index is 4.42. The fraction of sp³-hybridized carbons (Fsp3) is 0.417. The molecule has 0 atom stereocenters. The Bertz CT molecular complexity index is 517. The first kappa shape index (κ1) is 13.7. The number of aromatic nitrogens is 4. The monoisotopic (exact) mass is 278 g/mol. The molecule has 2 aromatic rings. The van der Waals surface area contributed by atoms with E-state index < -0.39 is 0 Å². The lowest BCUT2D eigenvalue weighted by Gasteiger charge is -2.08. The van der Waals surface area contributed by atoms with Crippen LogP contribution in [0.3, 0.4) is 0 Å². The topological polar surface area (TPSA) is 67.7 Å². The number of aryl methyl sites for hydroxylation is 1. The minimum Gasteiger partial charge on any atom is -0.373 e. The van der Waals surface area contributed by atoms with Gasteiger partial charge in [0.2, 0.25) is 0 Å². The Hall–Kier alpha value is -1.76. The summed E-state index contributed by atoms with van der Waals surface area (Å²) in [5.74, 6) is 1.66. The SMILES string of the molecule is CNc1cc(NCCc2cnn(C)c2)nc(SC)n1. The maximum Gasteiger partial charge on any atom is 0.191 e. The van der Waals surface area contributed by atoms with E-state index in [1.807, 2.05) is 43.5 Å². The zero-order valence-electron chi connectivity index (χ0n) is 11.3. The predicted octanol–water partition coefficient (Wildman–Crippen LogP) is 1.63. The molecule has 0 amide bonds. The molecule has 2 aromatic heterocycles. The average molecular weight is 278 g/mol. The third kappa shape index (κ3) is 3.85.